The highest BCUT2D eigenvalue weighted by Crippen LogP contribution is 2.16. The predicted octanol–water partition coefficient (Wildman–Crippen LogP) is 0.460. The first-order valence-corrected chi connectivity index (χ1v) is 5.22. The smallest absolute Gasteiger partial charge is 0.0664 e. The molecule has 0 aromatic heterocycles. The Labute approximate surface area is 80.4 Å². The second-order valence-electron chi connectivity index (χ2n) is 4.15. The SMILES string of the molecule is CCC(O)CN1CCC(O)C(C)C1. The molecule has 2 N–H and O–H groups in total. The van der Waals surface area contributed by atoms with Gasteiger partial charge >= 0.3 is 0 Å². The summed E-state index contributed by atoms with van der Waals surface area (Å²) in [5, 5.41) is 19.0. The third kappa shape index (κ3) is 3.25. The third-order valence-corrected chi connectivity index (χ3v) is 2.88. The fourth-order valence-corrected chi connectivity index (χ4v) is 1.81. The minimum absolute atomic E-state index is 0.144. The zero-order valence-electron chi connectivity index (χ0n) is 8.61. The molecule has 3 atom stereocenters. The van der Waals surface area contributed by atoms with E-state index in [0.29, 0.717) is 5.92 Å². The molecule has 78 valence electrons. The van der Waals surface area contributed by atoms with Crippen molar-refractivity contribution in [1.82, 2.24) is 4.90 Å². The summed E-state index contributed by atoms with van der Waals surface area (Å²) in [4.78, 5) is 2.24. The molecule has 3 nitrogen and oxygen atoms in total. The van der Waals surface area contributed by atoms with Crippen LogP contribution in [0.1, 0.15) is 26.7 Å². The van der Waals surface area contributed by atoms with E-state index >= 15 is 0 Å². The molecule has 1 saturated heterocycles. The van der Waals surface area contributed by atoms with Crippen LogP contribution in [0.5, 0.6) is 0 Å². The zero-order chi connectivity index (χ0) is 9.84. The van der Waals surface area contributed by atoms with Crippen molar-refractivity contribution >= 4 is 0 Å². The fourth-order valence-electron chi connectivity index (χ4n) is 1.81. The Morgan fingerprint density at radius 3 is 2.77 bits per heavy atom. The Balaban J connectivity index is 2.29. The van der Waals surface area contributed by atoms with Gasteiger partial charge in [0.15, 0.2) is 0 Å². The van der Waals surface area contributed by atoms with Gasteiger partial charge in [0.25, 0.3) is 0 Å². The summed E-state index contributed by atoms with van der Waals surface area (Å²) in [6, 6.07) is 0. The van der Waals surface area contributed by atoms with Gasteiger partial charge in [-0.25, -0.2) is 0 Å². The topological polar surface area (TPSA) is 43.7 Å². The lowest BCUT2D eigenvalue weighted by atomic mass is 9.96. The summed E-state index contributed by atoms with van der Waals surface area (Å²) >= 11 is 0. The summed E-state index contributed by atoms with van der Waals surface area (Å²) in [6.45, 7) is 6.65. The number of aliphatic hydroxyl groups excluding tert-OH is 2. The van der Waals surface area contributed by atoms with Gasteiger partial charge < -0.3 is 15.1 Å². The maximum absolute atomic E-state index is 9.50. The number of rotatable bonds is 3. The molecule has 13 heavy (non-hydrogen) atoms. The molecule has 1 aliphatic rings. The van der Waals surface area contributed by atoms with E-state index in [2.05, 4.69) is 11.8 Å². The molecule has 1 aliphatic heterocycles. The Bertz CT molecular complexity index is 150. The van der Waals surface area contributed by atoms with Gasteiger partial charge in [-0.3, -0.25) is 0 Å². The maximum Gasteiger partial charge on any atom is 0.0664 e. The van der Waals surface area contributed by atoms with Gasteiger partial charge in [0.2, 0.25) is 0 Å². The normalized spacial score (nSPS) is 33.2. The predicted molar refractivity (Wildman–Crippen MR) is 52.5 cm³/mol. The largest absolute Gasteiger partial charge is 0.393 e. The molecule has 1 fully saturated rings. The van der Waals surface area contributed by atoms with E-state index in [-0.39, 0.29) is 12.2 Å². The highest BCUT2D eigenvalue weighted by atomic mass is 16.3. The molecule has 0 aliphatic carbocycles. The standard InChI is InChI=1S/C10H21NO2/c1-3-9(12)7-11-5-4-10(13)8(2)6-11/h8-10,12-13H,3-7H2,1-2H3. The number of hydrogen-bond acceptors (Lipinski definition) is 3. The molecule has 0 radical (unpaired) electrons. The first kappa shape index (κ1) is 11.0. The molecule has 3 heteroatoms. The van der Waals surface area contributed by atoms with E-state index in [9.17, 15) is 10.2 Å². The number of aliphatic hydroxyl groups is 2. The van der Waals surface area contributed by atoms with E-state index in [1.54, 1.807) is 0 Å². The van der Waals surface area contributed by atoms with Gasteiger partial charge in [-0.1, -0.05) is 13.8 Å². The van der Waals surface area contributed by atoms with Crippen LogP contribution in [0.2, 0.25) is 0 Å². The van der Waals surface area contributed by atoms with Crippen molar-refractivity contribution in [1.29, 1.82) is 0 Å². The molecular formula is C10H21NO2. The molecule has 0 aromatic carbocycles. The Morgan fingerprint density at radius 1 is 1.54 bits per heavy atom. The molecule has 0 saturated carbocycles. The number of hydrogen-bond donors (Lipinski definition) is 2. The number of β-amino-alcohol motifs (C(OH)–C–C–N with tert-alkyl or cyclic N) is 1. The summed E-state index contributed by atoms with van der Waals surface area (Å²) in [7, 11) is 0. The first-order valence-electron chi connectivity index (χ1n) is 5.22. The van der Waals surface area contributed by atoms with Crippen molar-refractivity contribution in [3.8, 4) is 0 Å². The Morgan fingerprint density at radius 2 is 2.23 bits per heavy atom. The minimum atomic E-state index is -0.206. The van der Waals surface area contributed by atoms with Crippen LogP contribution < -0.4 is 0 Å². The van der Waals surface area contributed by atoms with Gasteiger partial charge in [-0.05, 0) is 18.8 Å². The molecular weight excluding hydrogens is 166 g/mol. The fraction of sp³-hybridized carbons (Fsp3) is 1.00. The summed E-state index contributed by atoms with van der Waals surface area (Å²) in [5.41, 5.74) is 0. The van der Waals surface area contributed by atoms with Crippen LogP contribution in [-0.2, 0) is 0 Å². The van der Waals surface area contributed by atoms with Gasteiger partial charge in [-0.2, -0.15) is 0 Å². The Kier molecular flexibility index (Phi) is 4.16. The summed E-state index contributed by atoms with van der Waals surface area (Å²) < 4.78 is 0. The van der Waals surface area contributed by atoms with E-state index in [1.807, 2.05) is 6.92 Å². The van der Waals surface area contributed by atoms with Crippen LogP contribution in [0.15, 0.2) is 0 Å². The minimum Gasteiger partial charge on any atom is -0.393 e. The lowest BCUT2D eigenvalue weighted by Crippen LogP contribution is -2.44. The summed E-state index contributed by atoms with van der Waals surface area (Å²) in [6.07, 6.45) is 1.31. The maximum atomic E-state index is 9.50. The van der Waals surface area contributed by atoms with Crippen LogP contribution in [0.3, 0.4) is 0 Å². The average molecular weight is 187 g/mol. The number of nitrogens with zero attached hydrogens (tertiary/aromatic N) is 1. The van der Waals surface area contributed by atoms with Crippen LogP contribution in [0.4, 0.5) is 0 Å². The third-order valence-electron chi connectivity index (χ3n) is 2.88. The Hall–Kier alpha value is -0.120. The van der Waals surface area contributed by atoms with Crippen molar-refractivity contribution in [2.75, 3.05) is 19.6 Å². The molecule has 1 heterocycles. The summed E-state index contributed by atoms with van der Waals surface area (Å²) in [5.74, 6) is 0.345. The molecule has 0 bridgehead atoms. The van der Waals surface area contributed by atoms with E-state index in [4.69, 9.17) is 0 Å². The zero-order valence-corrected chi connectivity index (χ0v) is 8.61. The van der Waals surface area contributed by atoms with Crippen molar-refractivity contribution in [3.05, 3.63) is 0 Å². The van der Waals surface area contributed by atoms with Gasteiger partial charge in [0.1, 0.15) is 0 Å². The molecule has 0 amide bonds. The van der Waals surface area contributed by atoms with E-state index in [1.165, 1.54) is 0 Å². The average Bonchev–Trinajstić information content (AvgIpc) is 2.11. The number of likely N-dealkylation sites (tertiary alicyclic amines) is 1. The van der Waals surface area contributed by atoms with Crippen molar-refractivity contribution in [2.24, 2.45) is 5.92 Å². The van der Waals surface area contributed by atoms with Crippen LogP contribution in [0.25, 0.3) is 0 Å². The van der Waals surface area contributed by atoms with Crippen LogP contribution >= 0.6 is 0 Å². The van der Waals surface area contributed by atoms with Crippen LogP contribution in [0, 0.1) is 5.92 Å². The lowest BCUT2D eigenvalue weighted by molar-refractivity contribution is 0.0145. The number of piperidine rings is 1. The molecule has 1 rings (SSSR count). The van der Waals surface area contributed by atoms with Crippen molar-refractivity contribution in [2.45, 2.75) is 38.9 Å². The first-order chi connectivity index (χ1) is 6.13. The van der Waals surface area contributed by atoms with Crippen molar-refractivity contribution in [3.63, 3.8) is 0 Å². The van der Waals surface area contributed by atoms with Gasteiger partial charge in [-0.15, -0.1) is 0 Å². The molecule has 0 aromatic rings. The van der Waals surface area contributed by atoms with E-state index < -0.39 is 0 Å². The van der Waals surface area contributed by atoms with Crippen molar-refractivity contribution < 1.29 is 10.2 Å². The highest BCUT2D eigenvalue weighted by Gasteiger charge is 2.24. The second-order valence-corrected chi connectivity index (χ2v) is 4.15. The molecule has 0 spiro atoms. The van der Waals surface area contributed by atoms with Crippen LogP contribution in [-0.4, -0.2) is 47.0 Å². The van der Waals surface area contributed by atoms with Gasteiger partial charge in [0.05, 0.1) is 12.2 Å². The van der Waals surface area contributed by atoms with E-state index in [0.717, 1.165) is 32.5 Å². The lowest BCUT2D eigenvalue weighted by Gasteiger charge is -2.35. The highest BCUT2D eigenvalue weighted by molar-refractivity contribution is 4.78. The van der Waals surface area contributed by atoms with Gasteiger partial charge in [0, 0.05) is 19.6 Å². The quantitative estimate of drug-likeness (QED) is 0.674. The second kappa shape index (κ2) is 4.94. The monoisotopic (exact) mass is 187 g/mol. The molecule has 3 unspecified atom stereocenters.